The van der Waals surface area contributed by atoms with Gasteiger partial charge in [0.2, 0.25) is 0 Å². The summed E-state index contributed by atoms with van der Waals surface area (Å²) in [5.41, 5.74) is 1.74. The van der Waals surface area contributed by atoms with Gasteiger partial charge in [-0.15, -0.1) is 0 Å². The number of ketones is 1. The van der Waals surface area contributed by atoms with Crippen molar-refractivity contribution in [2.45, 2.75) is 58.7 Å². The van der Waals surface area contributed by atoms with Gasteiger partial charge in [-0.2, -0.15) is 0 Å². The van der Waals surface area contributed by atoms with Gasteiger partial charge in [0.05, 0.1) is 5.56 Å². The molecule has 0 atom stereocenters. The molecule has 0 radical (unpaired) electrons. The number of hydrogen-bond donors (Lipinski definition) is 1. The average molecular weight is 427 g/mol. The third kappa shape index (κ3) is 5.27. The lowest BCUT2D eigenvalue weighted by atomic mass is 9.93. The maximum absolute atomic E-state index is 13.1. The van der Waals surface area contributed by atoms with E-state index >= 15 is 0 Å². The van der Waals surface area contributed by atoms with Gasteiger partial charge in [-0.1, -0.05) is 70.2 Å². The topological polar surface area (TPSA) is 63.6 Å². The summed E-state index contributed by atoms with van der Waals surface area (Å²) < 4.78 is 6.39. The Labute approximate surface area is 181 Å². The number of carboxylic acid groups (broad SMARTS) is 1. The lowest BCUT2D eigenvalue weighted by Crippen LogP contribution is -2.45. The molecule has 0 amide bonds. The van der Waals surface area contributed by atoms with Crippen molar-refractivity contribution < 1.29 is 19.1 Å². The predicted molar refractivity (Wildman–Crippen MR) is 124 cm³/mol. The van der Waals surface area contributed by atoms with Gasteiger partial charge in [0.25, 0.3) is 0 Å². The Bertz CT molecular complexity index is 900. The highest BCUT2D eigenvalue weighted by molar-refractivity contribution is 6.74. The smallest absolute Gasteiger partial charge is 0.336 e. The minimum Gasteiger partial charge on any atom is -0.478 e. The molecule has 0 fully saturated rings. The van der Waals surface area contributed by atoms with E-state index in [0.717, 1.165) is 12.0 Å². The molecule has 0 unspecified atom stereocenters. The minimum atomic E-state index is -1.87. The highest BCUT2D eigenvalue weighted by Crippen LogP contribution is 2.44. The van der Waals surface area contributed by atoms with E-state index in [1.54, 1.807) is 24.3 Å². The molecule has 2 aromatic rings. The summed E-state index contributed by atoms with van der Waals surface area (Å²) in [5, 5.41) is 9.59. The van der Waals surface area contributed by atoms with Gasteiger partial charge >= 0.3 is 5.97 Å². The van der Waals surface area contributed by atoms with Crippen molar-refractivity contribution in [2.75, 3.05) is 6.61 Å². The van der Waals surface area contributed by atoms with Gasteiger partial charge in [0.15, 0.2) is 14.1 Å². The second-order valence-corrected chi connectivity index (χ2v) is 13.8. The van der Waals surface area contributed by atoms with Crippen LogP contribution in [0.1, 0.15) is 66.0 Å². The van der Waals surface area contributed by atoms with Crippen molar-refractivity contribution >= 4 is 20.1 Å². The first-order chi connectivity index (χ1) is 14.0. The van der Waals surface area contributed by atoms with Crippen LogP contribution in [0.15, 0.2) is 48.5 Å². The van der Waals surface area contributed by atoms with E-state index in [4.69, 9.17) is 4.43 Å². The van der Waals surface area contributed by atoms with E-state index in [9.17, 15) is 14.7 Å². The molecule has 0 saturated carbocycles. The molecule has 0 spiro atoms. The molecule has 0 aliphatic rings. The molecule has 0 bridgehead atoms. The van der Waals surface area contributed by atoms with Crippen LogP contribution in [-0.2, 0) is 10.8 Å². The fraction of sp³-hybridized carbons (Fsp3) is 0.440. The molecule has 162 valence electrons. The number of carbonyl (C=O) groups is 2. The van der Waals surface area contributed by atoms with E-state index in [-0.39, 0.29) is 21.9 Å². The fourth-order valence-electron chi connectivity index (χ4n) is 3.44. The Morgan fingerprint density at radius 3 is 2.07 bits per heavy atom. The highest BCUT2D eigenvalue weighted by Gasteiger charge is 2.43. The van der Waals surface area contributed by atoms with Crippen LogP contribution in [0.3, 0.4) is 0 Å². The van der Waals surface area contributed by atoms with E-state index in [2.05, 4.69) is 40.8 Å². The first-order valence-corrected chi connectivity index (χ1v) is 13.5. The van der Waals surface area contributed by atoms with E-state index in [1.807, 2.05) is 18.2 Å². The quantitative estimate of drug-likeness (QED) is 0.279. The summed E-state index contributed by atoms with van der Waals surface area (Å²) in [6.07, 6.45) is 1.53. The van der Waals surface area contributed by atoms with Crippen LogP contribution >= 0.6 is 0 Å². The number of aromatic carboxylic acids is 1. The second-order valence-electron chi connectivity index (χ2n) is 9.18. The maximum Gasteiger partial charge on any atom is 0.336 e. The third-order valence-corrected chi connectivity index (χ3v) is 11.3. The highest BCUT2D eigenvalue weighted by atomic mass is 28.4. The first kappa shape index (κ1) is 24.0. The van der Waals surface area contributed by atoms with Gasteiger partial charge in [-0.05, 0) is 48.5 Å². The lowest BCUT2D eigenvalue weighted by molar-refractivity contribution is 0.0692. The minimum absolute atomic E-state index is 0.0318. The normalized spacial score (nSPS) is 12.2. The molecular formula is C25H34O4Si. The number of rotatable bonds is 10. The molecule has 0 saturated heterocycles. The molecule has 2 rings (SSSR count). The van der Waals surface area contributed by atoms with Gasteiger partial charge in [-0.3, -0.25) is 4.79 Å². The van der Waals surface area contributed by atoms with E-state index < -0.39 is 14.3 Å². The lowest BCUT2D eigenvalue weighted by Gasteiger charge is -2.42. The van der Waals surface area contributed by atoms with Crippen LogP contribution < -0.4 is 0 Å². The SMILES string of the molecule is CC(C)C(C)(C)[Si](C)(C)OCCCc1ccccc1C(=O)c1ccccc1C(=O)O. The number of carboxylic acids is 1. The third-order valence-electron chi connectivity index (χ3n) is 6.71. The monoisotopic (exact) mass is 426 g/mol. The molecule has 5 heteroatoms. The summed E-state index contributed by atoms with van der Waals surface area (Å²) in [6.45, 7) is 14.3. The standard InChI is InChI=1S/C25H34O4Si/c1-18(2)25(3,4)30(5,6)29-17-11-13-19-12-7-8-14-20(19)23(26)21-15-9-10-16-22(21)24(27)28/h7-10,12,14-16,18H,11,13,17H2,1-6H3,(H,27,28). The Balaban J connectivity index is 2.12. The molecule has 0 aliphatic heterocycles. The largest absolute Gasteiger partial charge is 0.478 e. The van der Waals surface area contributed by atoms with Crippen molar-refractivity contribution in [1.29, 1.82) is 0 Å². The van der Waals surface area contributed by atoms with Crippen molar-refractivity contribution in [3.05, 3.63) is 70.8 Å². The average Bonchev–Trinajstić information content (AvgIpc) is 2.70. The van der Waals surface area contributed by atoms with Gasteiger partial charge in [-0.25, -0.2) is 4.79 Å². The maximum atomic E-state index is 13.1. The Morgan fingerprint density at radius 1 is 0.967 bits per heavy atom. The number of hydrogen-bond acceptors (Lipinski definition) is 3. The summed E-state index contributed by atoms with van der Waals surface area (Å²) >= 11 is 0. The Kier molecular flexibility index (Phi) is 7.78. The summed E-state index contributed by atoms with van der Waals surface area (Å²) in [6, 6.07) is 13.8. The van der Waals surface area contributed by atoms with Crippen molar-refractivity contribution in [3.8, 4) is 0 Å². The number of benzene rings is 2. The van der Waals surface area contributed by atoms with Crippen LogP contribution in [0.5, 0.6) is 0 Å². The summed E-state index contributed by atoms with van der Waals surface area (Å²) in [5.74, 6) is -0.795. The fourth-order valence-corrected chi connectivity index (χ4v) is 5.86. The van der Waals surface area contributed by atoms with Gasteiger partial charge in [0.1, 0.15) is 0 Å². The molecule has 1 N–H and O–H groups in total. The first-order valence-electron chi connectivity index (χ1n) is 10.6. The van der Waals surface area contributed by atoms with E-state index in [0.29, 0.717) is 24.5 Å². The predicted octanol–water partition coefficient (Wildman–Crippen LogP) is 6.21. The zero-order valence-corrected chi connectivity index (χ0v) is 20.0. The molecule has 30 heavy (non-hydrogen) atoms. The Morgan fingerprint density at radius 2 is 1.50 bits per heavy atom. The van der Waals surface area contributed by atoms with Crippen LogP contribution in [0, 0.1) is 5.92 Å². The van der Waals surface area contributed by atoms with Crippen LogP contribution in [-0.4, -0.2) is 31.8 Å². The van der Waals surface area contributed by atoms with Crippen LogP contribution in [0.2, 0.25) is 18.1 Å². The van der Waals surface area contributed by atoms with Gasteiger partial charge in [0, 0.05) is 17.7 Å². The van der Waals surface area contributed by atoms with E-state index in [1.165, 1.54) is 6.07 Å². The molecular weight excluding hydrogens is 392 g/mol. The molecule has 0 aromatic heterocycles. The second kappa shape index (κ2) is 9.71. The van der Waals surface area contributed by atoms with Gasteiger partial charge < -0.3 is 9.53 Å². The molecule has 2 aromatic carbocycles. The molecule has 0 aliphatic carbocycles. The zero-order chi connectivity index (χ0) is 22.5. The molecule has 0 heterocycles. The zero-order valence-electron chi connectivity index (χ0n) is 19.0. The Hall–Kier alpha value is -2.24. The number of carbonyl (C=O) groups excluding carboxylic acids is 1. The number of aryl methyl sites for hydroxylation is 1. The van der Waals surface area contributed by atoms with Crippen molar-refractivity contribution in [3.63, 3.8) is 0 Å². The van der Waals surface area contributed by atoms with Crippen LogP contribution in [0.25, 0.3) is 0 Å². The molecule has 4 nitrogen and oxygen atoms in total. The van der Waals surface area contributed by atoms with Crippen LogP contribution in [0.4, 0.5) is 0 Å². The summed E-state index contributed by atoms with van der Waals surface area (Å²) in [4.78, 5) is 24.6. The van der Waals surface area contributed by atoms with Crippen molar-refractivity contribution in [2.24, 2.45) is 5.92 Å². The van der Waals surface area contributed by atoms with Crippen molar-refractivity contribution in [1.82, 2.24) is 0 Å². The summed E-state index contributed by atoms with van der Waals surface area (Å²) in [7, 11) is -1.87.